The zero-order valence-corrected chi connectivity index (χ0v) is 16.4. The molecule has 2 heterocycles. The van der Waals surface area contributed by atoms with Crippen molar-refractivity contribution in [1.29, 1.82) is 0 Å². The number of unbranched alkanes of at least 4 members (excludes halogenated alkanes) is 2. The summed E-state index contributed by atoms with van der Waals surface area (Å²) in [6.07, 6.45) is 5.77. The quantitative estimate of drug-likeness (QED) is 0.438. The van der Waals surface area contributed by atoms with Crippen LogP contribution in [-0.2, 0) is 11.3 Å². The molecule has 0 bridgehead atoms. The van der Waals surface area contributed by atoms with Crippen LogP contribution in [-0.4, -0.2) is 31.1 Å². The highest BCUT2D eigenvalue weighted by Gasteiger charge is 2.07. The standard InChI is InChI=1S/C22H24N6O/c1-2-3-4-5-21(29)23-19-11-10-17-12-13-28(20(17)14-19)15-16-6-8-18(9-7-16)22-24-26-27-25-22/h6-14H,2-5,15H2,1H3,(H,23,29)(H,24,25,26,27). The number of aromatic nitrogens is 5. The van der Waals surface area contributed by atoms with Gasteiger partial charge in [-0.25, -0.2) is 5.10 Å². The molecule has 2 aromatic carbocycles. The minimum Gasteiger partial charge on any atom is -0.343 e. The van der Waals surface area contributed by atoms with E-state index in [9.17, 15) is 4.79 Å². The highest BCUT2D eigenvalue weighted by atomic mass is 16.1. The second-order valence-corrected chi connectivity index (χ2v) is 7.17. The number of nitrogens with one attached hydrogen (secondary N) is 2. The third-order valence-corrected chi connectivity index (χ3v) is 4.99. The van der Waals surface area contributed by atoms with Gasteiger partial charge in [0.15, 0.2) is 5.82 Å². The molecule has 0 atom stereocenters. The minimum absolute atomic E-state index is 0.0772. The van der Waals surface area contributed by atoms with Crippen molar-refractivity contribution in [1.82, 2.24) is 25.2 Å². The van der Waals surface area contributed by atoms with Crippen molar-refractivity contribution in [3.63, 3.8) is 0 Å². The van der Waals surface area contributed by atoms with E-state index in [0.717, 1.165) is 48.0 Å². The van der Waals surface area contributed by atoms with E-state index in [2.05, 4.69) is 61.8 Å². The van der Waals surface area contributed by atoms with E-state index in [1.165, 1.54) is 5.56 Å². The van der Waals surface area contributed by atoms with Gasteiger partial charge in [0.25, 0.3) is 0 Å². The maximum atomic E-state index is 12.1. The lowest BCUT2D eigenvalue weighted by molar-refractivity contribution is -0.116. The zero-order valence-electron chi connectivity index (χ0n) is 16.4. The number of hydrogen-bond donors (Lipinski definition) is 2. The summed E-state index contributed by atoms with van der Waals surface area (Å²) in [5.74, 6) is 0.732. The second kappa shape index (κ2) is 8.68. The number of anilines is 1. The molecular weight excluding hydrogens is 364 g/mol. The zero-order chi connectivity index (χ0) is 20.1. The van der Waals surface area contributed by atoms with E-state index in [1.54, 1.807) is 0 Å². The van der Waals surface area contributed by atoms with Crippen molar-refractivity contribution < 1.29 is 4.79 Å². The molecule has 0 aliphatic heterocycles. The van der Waals surface area contributed by atoms with Crippen LogP contribution < -0.4 is 5.32 Å². The van der Waals surface area contributed by atoms with Gasteiger partial charge in [0, 0.05) is 30.4 Å². The lowest BCUT2D eigenvalue weighted by atomic mass is 10.1. The van der Waals surface area contributed by atoms with E-state index >= 15 is 0 Å². The Labute approximate surface area is 169 Å². The predicted octanol–water partition coefficient (Wildman–Crippen LogP) is 4.39. The average Bonchev–Trinajstić information content (AvgIpc) is 3.40. The SMILES string of the molecule is CCCCCC(=O)Nc1ccc2ccn(Cc3ccc(-c4nnn[nH]4)cc3)c2c1. The first-order chi connectivity index (χ1) is 14.2. The van der Waals surface area contributed by atoms with Gasteiger partial charge in [0.1, 0.15) is 0 Å². The van der Waals surface area contributed by atoms with Crippen LogP contribution >= 0.6 is 0 Å². The smallest absolute Gasteiger partial charge is 0.224 e. The number of hydrogen-bond acceptors (Lipinski definition) is 4. The van der Waals surface area contributed by atoms with Crippen LogP contribution in [0.5, 0.6) is 0 Å². The highest BCUT2D eigenvalue weighted by Crippen LogP contribution is 2.23. The first-order valence-corrected chi connectivity index (χ1v) is 9.94. The largest absolute Gasteiger partial charge is 0.343 e. The molecule has 4 rings (SSSR count). The summed E-state index contributed by atoms with van der Waals surface area (Å²) in [6.45, 7) is 2.88. The van der Waals surface area contributed by atoms with Gasteiger partial charge in [0.2, 0.25) is 5.91 Å². The number of benzene rings is 2. The van der Waals surface area contributed by atoms with Gasteiger partial charge in [-0.1, -0.05) is 50.1 Å². The number of rotatable bonds is 8. The molecule has 0 radical (unpaired) electrons. The molecule has 0 aliphatic carbocycles. The number of carbonyl (C=O) groups is 1. The van der Waals surface area contributed by atoms with E-state index in [-0.39, 0.29) is 5.91 Å². The van der Waals surface area contributed by atoms with Gasteiger partial charge >= 0.3 is 0 Å². The van der Waals surface area contributed by atoms with Crippen molar-refractivity contribution >= 4 is 22.5 Å². The number of H-pyrrole nitrogens is 1. The molecule has 0 unspecified atom stereocenters. The molecule has 7 heteroatoms. The molecule has 0 saturated carbocycles. The lowest BCUT2D eigenvalue weighted by Crippen LogP contribution is -2.11. The van der Waals surface area contributed by atoms with E-state index in [4.69, 9.17) is 0 Å². The Bertz CT molecular complexity index is 1080. The molecule has 29 heavy (non-hydrogen) atoms. The third kappa shape index (κ3) is 4.51. The predicted molar refractivity (Wildman–Crippen MR) is 113 cm³/mol. The van der Waals surface area contributed by atoms with Crippen LogP contribution in [0, 0.1) is 0 Å². The topological polar surface area (TPSA) is 88.5 Å². The van der Waals surface area contributed by atoms with Crippen LogP contribution in [0.1, 0.15) is 38.2 Å². The Morgan fingerprint density at radius 3 is 2.72 bits per heavy atom. The van der Waals surface area contributed by atoms with Crippen molar-refractivity contribution in [3.8, 4) is 11.4 Å². The van der Waals surface area contributed by atoms with Crippen LogP contribution in [0.3, 0.4) is 0 Å². The van der Waals surface area contributed by atoms with Gasteiger partial charge in [0.05, 0.1) is 5.52 Å². The van der Waals surface area contributed by atoms with Gasteiger partial charge in [-0.3, -0.25) is 4.79 Å². The van der Waals surface area contributed by atoms with Crippen LogP contribution in [0.2, 0.25) is 0 Å². The number of tetrazole rings is 1. The average molecular weight is 388 g/mol. The second-order valence-electron chi connectivity index (χ2n) is 7.17. The summed E-state index contributed by atoms with van der Waals surface area (Å²) >= 11 is 0. The molecule has 1 amide bonds. The Morgan fingerprint density at radius 2 is 1.97 bits per heavy atom. The van der Waals surface area contributed by atoms with E-state index < -0.39 is 0 Å². The van der Waals surface area contributed by atoms with Gasteiger partial charge in [-0.05, 0) is 46.0 Å². The molecule has 0 fully saturated rings. The Kier molecular flexibility index (Phi) is 5.65. The Balaban J connectivity index is 1.48. The summed E-state index contributed by atoms with van der Waals surface area (Å²) in [7, 11) is 0. The molecular formula is C22H24N6O. The van der Waals surface area contributed by atoms with E-state index in [0.29, 0.717) is 12.2 Å². The number of amides is 1. The molecule has 0 aliphatic rings. The minimum atomic E-state index is 0.0772. The fourth-order valence-electron chi connectivity index (χ4n) is 3.40. The third-order valence-electron chi connectivity index (χ3n) is 4.99. The van der Waals surface area contributed by atoms with Crippen molar-refractivity contribution in [2.75, 3.05) is 5.32 Å². The van der Waals surface area contributed by atoms with Gasteiger partial charge in [-0.2, -0.15) is 0 Å². The summed E-state index contributed by atoms with van der Waals surface area (Å²) < 4.78 is 2.19. The molecule has 0 saturated heterocycles. The molecule has 4 aromatic rings. The molecule has 2 N–H and O–H groups in total. The fourth-order valence-corrected chi connectivity index (χ4v) is 3.40. The highest BCUT2D eigenvalue weighted by molar-refractivity contribution is 5.93. The van der Waals surface area contributed by atoms with Crippen LogP contribution in [0.4, 0.5) is 5.69 Å². The lowest BCUT2D eigenvalue weighted by Gasteiger charge is -2.09. The summed E-state index contributed by atoms with van der Waals surface area (Å²) in [5.41, 5.74) is 4.06. The first-order valence-electron chi connectivity index (χ1n) is 9.94. The number of fused-ring (bicyclic) bond motifs is 1. The maximum absolute atomic E-state index is 12.1. The first kappa shape index (κ1) is 18.9. The van der Waals surface area contributed by atoms with Crippen LogP contribution in [0.25, 0.3) is 22.3 Å². The summed E-state index contributed by atoms with van der Waals surface area (Å²) in [6, 6.07) is 16.3. The monoisotopic (exact) mass is 388 g/mol. The molecule has 7 nitrogen and oxygen atoms in total. The molecule has 2 aromatic heterocycles. The van der Waals surface area contributed by atoms with Crippen LogP contribution in [0.15, 0.2) is 54.7 Å². The number of aromatic amines is 1. The number of carbonyl (C=O) groups excluding carboxylic acids is 1. The number of nitrogens with zero attached hydrogens (tertiary/aromatic N) is 4. The molecule has 148 valence electrons. The van der Waals surface area contributed by atoms with Crippen molar-refractivity contribution in [2.45, 2.75) is 39.2 Å². The summed E-state index contributed by atoms with van der Waals surface area (Å²) in [5, 5.41) is 18.1. The Morgan fingerprint density at radius 1 is 1.10 bits per heavy atom. The normalized spacial score (nSPS) is 11.1. The summed E-state index contributed by atoms with van der Waals surface area (Å²) in [4.78, 5) is 12.1. The van der Waals surface area contributed by atoms with Gasteiger partial charge in [-0.15, -0.1) is 5.10 Å². The van der Waals surface area contributed by atoms with Crippen molar-refractivity contribution in [2.24, 2.45) is 0 Å². The maximum Gasteiger partial charge on any atom is 0.224 e. The van der Waals surface area contributed by atoms with Crippen molar-refractivity contribution in [3.05, 3.63) is 60.3 Å². The van der Waals surface area contributed by atoms with Gasteiger partial charge < -0.3 is 9.88 Å². The van der Waals surface area contributed by atoms with E-state index in [1.807, 2.05) is 30.3 Å². The fraction of sp³-hybridized carbons (Fsp3) is 0.273. The Hall–Kier alpha value is -3.48. The molecule has 0 spiro atoms.